The lowest BCUT2D eigenvalue weighted by Gasteiger charge is -2.35. The molecule has 6 amide bonds. The van der Waals surface area contributed by atoms with E-state index in [-0.39, 0.29) is 53.2 Å². The molecule has 18 heteroatoms. The van der Waals surface area contributed by atoms with E-state index in [1.165, 1.54) is 23.9 Å². The van der Waals surface area contributed by atoms with E-state index in [9.17, 15) is 41.9 Å². The number of carbonyl (C=O) groups is 6. The number of aromatic nitrogens is 3. The number of halogens is 3. The topological polar surface area (TPSA) is 166 Å². The largest absolute Gasteiger partial charge is 0.416 e. The van der Waals surface area contributed by atoms with Crippen LogP contribution >= 0.6 is 11.8 Å². The van der Waals surface area contributed by atoms with Crippen molar-refractivity contribution >= 4 is 58.5 Å². The predicted molar refractivity (Wildman–Crippen MR) is 238 cm³/mol. The predicted octanol–water partition coefficient (Wildman–Crippen LogP) is 6.50. The van der Waals surface area contributed by atoms with E-state index < -0.39 is 47.3 Å². The fourth-order valence-electron chi connectivity index (χ4n) is 8.28. The number of fused-ring (bicyclic) bond motifs is 2. The molecule has 5 aromatic rings. The smallest absolute Gasteiger partial charge is 0.340 e. The van der Waals surface area contributed by atoms with Gasteiger partial charge >= 0.3 is 6.18 Å². The normalized spacial score (nSPS) is 16.6. The van der Waals surface area contributed by atoms with Crippen molar-refractivity contribution in [2.75, 3.05) is 37.2 Å². The second-order valence-electron chi connectivity index (χ2n) is 16.3. The summed E-state index contributed by atoms with van der Waals surface area (Å²) in [5.41, 5.74) is 2.56. The van der Waals surface area contributed by atoms with Crippen LogP contribution in [0.1, 0.15) is 104 Å². The molecule has 8 rings (SSSR count). The maximum atomic E-state index is 14.4. The molecule has 14 nitrogen and oxygen atoms in total. The fraction of sp³-hybridized carbons (Fsp3) is 0.333. The minimum atomic E-state index is -4.67. The van der Waals surface area contributed by atoms with Crippen molar-refractivity contribution in [2.45, 2.75) is 75.5 Å². The van der Waals surface area contributed by atoms with Gasteiger partial charge in [0.1, 0.15) is 11.7 Å². The Bertz CT molecular complexity index is 2810. The van der Waals surface area contributed by atoms with Crippen LogP contribution in [0.4, 0.5) is 18.9 Å². The highest BCUT2D eigenvalue weighted by Gasteiger charge is 2.45. The Morgan fingerprint density at radius 3 is 2.50 bits per heavy atom. The number of alkyl halides is 3. The lowest BCUT2D eigenvalue weighted by Crippen LogP contribution is -2.54. The van der Waals surface area contributed by atoms with Crippen molar-refractivity contribution in [1.82, 2.24) is 34.6 Å². The molecule has 1 unspecified atom stereocenters. The van der Waals surface area contributed by atoms with Crippen molar-refractivity contribution in [1.29, 1.82) is 0 Å². The van der Waals surface area contributed by atoms with Crippen LogP contribution in [0.15, 0.2) is 84.0 Å². The zero-order valence-corrected chi connectivity index (χ0v) is 36.8. The second kappa shape index (κ2) is 19.7. The van der Waals surface area contributed by atoms with Crippen LogP contribution in [0.3, 0.4) is 0 Å². The molecular formula is C48H45F3N8O6S. The highest BCUT2D eigenvalue weighted by molar-refractivity contribution is 7.99. The number of piperidine rings is 1. The van der Waals surface area contributed by atoms with Crippen molar-refractivity contribution in [3.63, 3.8) is 0 Å². The van der Waals surface area contributed by atoms with Crippen molar-refractivity contribution in [2.24, 2.45) is 0 Å². The average molecular weight is 919 g/mol. The maximum Gasteiger partial charge on any atom is 0.416 e. The summed E-state index contributed by atoms with van der Waals surface area (Å²) in [5.74, 6) is 4.01. The lowest BCUT2D eigenvalue weighted by atomic mass is 10.0. The van der Waals surface area contributed by atoms with E-state index in [2.05, 4.69) is 32.6 Å². The summed E-state index contributed by atoms with van der Waals surface area (Å²) in [7, 11) is 0. The quantitative estimate of drug-likeness (QED) is 0.0577. The number of carbonyl (C=O) groups excluding carboxylic acids is 6. The highest BCUT2D eigenvalue weighted by Crippen LogP contribution is 2.36. The number of amides is 6. The number of hydrogen-bond acceptors (Lipinski definition) is 10. The number of hydrogen-bond donors (Lipinski definition) is 2. The molecular weight excluding hydrogens is 874 g/mol. The third-order valence-electron chi connectivity index (χ3n) is 11.9. The standard InChI is InChI=1S/C48H45F3N8O6S/c1-30-12-13-32(26-31(30)15-17-35-28-52-40-10-7-20-53-59(35)40)44(62)54-34-16-14-33(37(27-34)48(49,50)51)29-56-21-23-57(24-22-56)42(61)11-4-2-3-5-25-66-39-9-6-8-36-43(39)47(65)58(46(36)64)38-18-19-41(60)55-45(38)63/h6-10,12-14,16,20,26-28,38H,2-5,11,18-19,21-25,29H2,1H3,(H,54,62)(H,55,60,63). The molecule has 340 valence electrons. The van der Waals surface area contributed by atoms with Crippen LogP contribution < -0.4 is 10.6 Å². The number of anilines is 1. The van der Waals surface area contributed by atoms with Crippen LogP contribution in [0.2, 0.25) is 0 Å². The zero-order valence-electron chi connectivity index (χ0n) is 36.0. The van der Waals surface area contributed by atoms with Crippen LogP contribution in [0.25, 0.3) is 5.65 Å². The fourth-order valence-corrected chi connectivity index (χ4v) is 9.36. The van der Waals surface area contributed by atoms with Crippen LogP contribution in [0, 0.1) is 18.8 Å². The monoisotopic (exact) mass is 918 g/mol. The molecule has 2 saturated heterocycles. The number of rotatable bonds is 13. The number of imidazole rings is 1. The SMILES string of the molecule is Cc1ccc(C(=O)Nc2ccc(CN3CCN(C(=O)CCCCCCSc4cccc5c4C(=O)N(C4CCC(=O)NC4=O)C5=O)CC3)c(C(F)(F)F)c2)cc1C#Cc1cnc2cccnn12. The minimum Gasteiger partial charge on any atom is -0.340 e. The molecule has 0 radical (unpaired) electrons. The molecule has 1 atom stereocenters. The summed E-state index contributed by atoms with van der Waals surface area (Å²) in [5, 5.41) is 9.07. The van der Waals surface area contributed by atoms with Crippen LogP contribution in [0.5, 0.6) is 0 Å². The lowest BCUT2D eigenvalue weighted by molar-refractivity contribution is -0.139. The van der Waals surface area contributed by atoms with E-state index in [1.54, 1.807) is 70.3 Å². The van der Waals surface area contributed by atoms with Gasteiger partial charge in [0.05, 0.1) is 22.9 Å². The van der Waals surface area contributed by atoms with Gasteiger partial charge in [0.15, 0.2) is 5.65 Å². The van der Waals surface area contributed by atoms with Gasteiger partial charge in [0, 0.05) is 73.5 Å². The van der Waals surface area contributed by atoms with E-state index in [4.69, 9.17) is 0 Å². The minimum absolute atomic E-state index is 0.000622. The number of nitrogens with one attached hydrogen (secondary N) is 2. The molecule has 0 aliphatic carbocycles. The number of thioether (sulfide) groups is 1. The number of aryl methyl sites for hydroxylation is 1. The Hall–Kier alpha value is -6.84. The first kappa shape index (κ1) is 45.7. The third-order valence-corrected chi connectivity index (χ3v) is 13.0. The first-order valence-electron chi connectivity index (χ1n) is 21.7. The molecule has 2 fully saturated rings. The number of benzene rings is 3. The van der Waals surface area contributed by atoms with Gasteiger partial charge in [-0.2, -0.15) is 18.3 Å². The highest BCUT2D eigenvalue weighted by atomic mass is 32.2. The van der Waals surface area contributed by atoms with Gasteiger partial charge in [-0.25, -0.2) is 9.50 Å². The van der Waals surface area contributed by atoms with Gasteiger partial charge in [-0.15, -0.1) is 11.8 Å². The molecule has 3 aromatic carbocycles. The summed E-state index contributed by atoms with van der Waals surface area (Å²) in [6.07, 6.45) is 2.17. The molecule has 5 heterocycles. The number of imide groups is 2. The van der Waals surface area contributed by atoms with Crippen LogP contribution in [-0.4, -0.2) is 103 Å². The van der Waals surface area contributed by atoms with Gasteiger partial charge in [0.25, 0.3) is 17.7 Å². The summed E-state index contributed by atoms with van der Waals surface area (Å²) in [6, 6.07) is 16.3. The molecule has 3 aliphatic heterocycles. The third kappa shape index (κ3) is 10.2. The van der Waals surface area contributed by atoms with Crippen molar-refractivity contribution in [3.8, 4) is 11.8 Å². The molecule has 3 aliphatic rings. The van der Waals surface area contributed by atoms with E-state index >= 15 is 0 Å². The number of nitrogens with zero attached hydrogens (tertiary/aromatic N) is 6. The summed E-state index contributed by atoms with van der Waals surface area (Å²) in [4.78, 5) is 86.4. The summed E-state index contributed by atoms with van der Waals surface area (Å²) in [6.45, 7) is 3.48. The van der Waals surface area contributed by atoms with E-state index in [1.807, 2.05) is 11.8 Å². The first-order chi connectivity index (χ1) is 31.7. The van der Waals surface area contributed by atoms with Gasteiger partial charge in [-0.05, 0) is 97.5 Å². The number of piperazine rings is 1. The molecule has 0 spiro atoms. The maximum absolute atomic E-state index is 14.4. The van der Waals surface area contributed by atoms with Crippen LogP contribution in [-0.2, 0) is 27.1 Å². The van der Waals surface area contributed by atoms with E-state index in [0.717, 1.165) is 35.8 Å². The molecule has 0 bridgehead atoms. The van der Waals surface area contributed by atoms with Crippen molar-refractivity contribution < 1.29 is 41.9 Å². The Balaban J connectivity index is 0.773. The summed E-state index contributed by atoms with van der Waals surface area (Å²) < 4.78 is 44.8. The van der Waals surface area contributed by atoms with Gasteiger partial charge in [-0.1, -0.05) is 37.0 Å². The van der Waals surface area contributed by atoms with Crippen molar-refractivity contribution in [3.05, 3.63) is 124 Å². The first-order valence-corrected chi connectivity index (χ1v) is 22.6. The number of unbranched alkanes of at least 4 members (excludes halogenated alkanes) is 3. The second-order valence-corrected chi connectivity index (χ2v) is 17.5. The van der Waals surface area contributed by atoms with E-state index in [0.29, 0.717) is 66.6 Å². The van der Waals surface area contributed by atoms with Gasteiger partial charge in [-0.3, -0.25) is 43.9 Å². The Morgan fingerprint density at radius 2 is 1.71 bits per heavy atom. The van der Waals surface area contributed by atoms with Gasteiger partial charge in [0.2, 0.25) is 17.7 Å². The zero-order chi connectivity index (χ0) is 46.5. The average Bonchev–Trinajstić information content (AvgIpc) is 3.83. The van der Waals surface area contributed by atoms with Gasteiger partial charge < -0.3 is 10.2 Å². The molecule has 66 heavy (non-hydrogen) atoms. The molecule has 2 aromatic heterocycles. The molecule has 0 saturated carbocycles. The Labute approximate surface area is 382 Å². The Kier molecular flexibility index (Phi) is 13.7. The molecule has 2 N–H and O–H groups in total. The summed E-state index contributed by atoms with van der Waals surface area (Å²) >= 11 is 1.45. The Morgan fingerprint density at radius 1 is 0.909 bits per heavy atom.